The van der Waals surface area contributed by atoms with E-state index in [1.54, 1.807) is 30.3 Å². The minimum Gasteiger partial charge on any atom is -0.425 e. The van der Waals surface area contributed by atoms with Gasteiger partial charge in [-0.15, -0.1) is 0 Å². The first-order chi connectivity index (χ1) is 24.8. The number of halogens is 16. The molecule has 0 unspecified atom stereocenters. The molecular formula is C24H13F16NO10S5. The summed E-state index contributed by atoms with van der Waals surface area (Å²) < 4.78 is 289. The second-order valence-corrected chi connectivity index (χ2v) is 18.2. The Hall–Kier alpha value is -3.75. The van der Waals surface area contributed by atoms with Gasteiger partial charge in [-0.1, -0.05) is 18.2 Å². The zero-order valence-corrected chi connectivity index (χ0v) is 29.7. The monoisotopic (exact) mass is 939 g/mol. The van der Waals surface area contributed by atoms with Crippen LogP contribution in [0.15, 0.2) is 93.5 Å². The summed E-state index contributed by atoms with van der Waals surface area (Å²) in [7, 11) is -27.9. The maximum absolute atomic E-state index is 12.5. The van der Waals surface area contributed by atoms with Crippen LogP contribution in [-0.4, -0.2) is 67.5 Å². The van der Waals surface area contributed by atoms with Crippen LogP contribution in [0.3, 0.4) is 0 Å². The van der Waals surface area contributed by atoms with E-state index in [1.807, 2.05) is 0 Å². The molecule has 0 amide bonds. The van der Waals surface area contributed by atoms with Gasteiger partial charge >= 0.3 is 54.1 Å². The molecule has 0 heterocycles. The van der Waals surface area contributed by atoms with Crippen molar-refractivity contribution in [3.05, 3.63) is 83.0 Å². The van der Waals surface area contributed by atoms with Crippen LogP contribution in [-0.2, 0) is 51.2 Å². The van der Waals surface area contributed by atoms with Crippen LogP contribution in [0.5, 0.6) is 11.5 Å². The van der Waals surface area contributed by atoms with Gasteiger partial charge in [0.2, 0.25) is 0 Å². The van der Waals surface area contributed by atoms with Crippen molar-refractivity contribution in [3.8, 4) is 11.5 Å². The van der Waals surface area contributed by atoms with Crippen LogP contribution in [0.25, 0.3) is 4.13 Å². The Labute approximate surface area is 305 Å². The maximum Gasteiger partial charge on any atom is 0.534 e. The average Bonchev–Trinajstić information content (AvgIpc) is 3.00. The highest BCUT2D eigenvalue weighted by molar-refractivity contribution is 8.13. The molecule has 3 aromatic carbocycles. The molecule has 0 spiro atoms. The molecule has 0 aliphatic rings. The predicted octanol–water partition coefficient (Wildman–Crippen LogP) is 7.57. The molecule has 0 saturated heterocycles. The zero-order chi connectivity index (χ0) is 43.8. The second kappa shape index (κ2) is 15.9. The summed E-state index contributed by atoms with van der Waals surface area (Å²) in [6.45, 7) is 0. The second-order valence-electron chi connectivity index (χ2n) is 9.58. The molecule has 0 radical (unpaired) electrons. The highest BCUT2D eigenvalue weighted by Gasteiger charge is 2.68. The molecule has 0 aromatic heterocycles. The Morgan fingerprint density at radius 1 is 0.411 bits per heavy atom. The van der Waals surface area contributed by atoms with Gasteiger partial charge in [0.05, 0.1) is 10.9 Å². The molecule has 0 bridgehead atoms. The minimum atomic E-state index is -7.62. The molecule has 0 aliphatic heterocycles. The predicted molar refractivity (Wildman–Crippen MR) is 156 cm³/mol. The lowest BCUT2D eigenvalue weighted by molar-refractivity contribution is -0.241. The van der Waals surface area contributed by atoms with E-state index in [9.17, 15) is 104 Å². The van der Waals surface area contributed by atoms with E-state index in [1.165, 1.54) is 24.3 Å². The summed E-state index contributed by atoms with van der Waals surface area (Å²) >= 11 is 0. The first kappa shape index (κ1) is 48.4. The summed E-state index contributed by atoms with van der Waals surface area (Å²) in [5.74, 6) is -1.16. The standard InChI is InChI=1S/C20H13F6O6S3.C4F10NO4S2/c21-19(22,23)34(27,28)31-14-6-10-17(11-7-14)33(16-4-2-1-3-5-16)18-12-8-15(9-13-18)32-35(29,30)20(24,25)26;5-1(6,7)3(11,12)20(16,17)15-21(18,19)4(13,14)2(8,9)10/h1-13H;/q+1;-1. The fourth-order valence-electron chi connectivity index (χ4n) is 3.09. The highest BCUT2D eigenvalue weighted by atomic mass is 32.3. The first-order valence-electron chi connectivity index (χ1n) is 12.9. The van der Waals surface area contributed by atoms with Gasteiger partial charge in [0, 0.05) is 0 Å². The van der Waals surface area contributed by atoms with Gasteiger partial charge in [-0.25, -0.2) is 16.8 Å². The molecule has 3 aromatic rings. The molecule has 0 fully saturated rings. The fourth-order valence-corrected chi connectivity index (χ4v) is 8.44. The Morgan fingerprint density at radius 2 is 0.679 bits per heavy atom. The summed E-state index contributed by atoms with van der Waals surface area (Å²) in [5.41, 5.74) is -11.2. The van der Waals surface area contributed by atoms with Crippen LogP contribution < -0.4 is 8.37 Å². The Morgan fingerprint density at radius 3 is 0.929 bits per heavy atom. The van der Waals surface area contributed by atoms with Crippen LogP contribution in [0.1, 0.15) is 0 Å². The van der Waals surface area contributed by atoms with Gasteiger partial charge in [0.15, 0.2) is 34.7 Å². The van der Waals surface area contributed by atoms with Gasteiger partial charge in [-0.05, 0) is 60.7 Å². The smallest absolute Gasteiger partial charge is 0.425 e. The van der Waals surface area contributed by atoms with Crippen molar-refractivity contribution in [1.82, 2.24) is 0 Å². The molecular weight excluding hydrogens is 927 g/mol. The van der Waals surface area contributed by atoms with Crippen LogP contribution >= 0.6 is 0 Å². The fraction of sp³-hybridized carbons (Fsp3) is 0.250. The SMILES string of the molecule is O=S(=O)(Oc1ccc([S+](c2ccccc2)c2ccc(OS(=O)(=O)C(F)(F)F)cc2)cc1)C(F)(F)F.O=S(=O)([N-]S(=O)(=O)C(F)(F)C(F)(F)F)C(F)(F)C(F)(F)F. The van der Waals surface area contributed by atoms with Crippen molar-refractivity contribution >= 4 is 51.2 Å². The lowest BCUT2D eigenvalue weighted by Crippen LogP contribution is -2.48. The number of hydrogen-bond donors (Lipinski definition) is 0. The van der Waals surface area contributed by atoms with Gasteiger partial charge < -0.3 is 12.5 Å². The molecule has 0 aliphatic carbocycles. The summed E-state index contributed by atoms with van der Waals surface area (Å²) in [6, 6.07) is 18.0. The summed E-state index contributed by atoms with van der Waals surface area (Å²) in [5, 5.41) is -14.0. The van der Waals surface area contributed by atoms with Crippen LogP contribution in [0.4, 0.5) is 70.2 Å². The molecule has 11 nitrogen and oxygen atoms in total. The van der Waals surface area contributed by atoms with Crippen molar-refractivity contribution in [2.45, 2.75) is 48.6 Å². The molecule has 0 N–H and O–H groups in total. The average molecular weight is 940 g/mol. The Kier molecular flexibility index (Phi) is 13.7. The van der Waals surface area contributed by atoms with E-state index in [0.717, 1.165) is 24.3 Å². The van der Waals surface area contributed by atoms with Crippen molar-refractivity contribution in [2.75, 3.05) is 0 Å². The normalized spacial score (nSPS) is 14.2. The van der Waals surface area contributed by atoms with Gasteiger partial charge in [0.1, 0.15) is 11.5 Å². The number of sulfonamides is 2. The van der Waals surface area contributed by atoms with E-state index >= 15 is 0 Å². The van der Waals surface area contributed by atoms with E-state index in [0.29, 0.717) is 18.8 Å². The van der Waals surface area contributed by atoms with E-state index in [-0.39, 0.29) is 0 Å². The lowest BCUT2D eigenvalue weighted by Gasteiger charge is -2.31. The third kappa shape index (κ3) is 10.8. The third-order valence-electron chi connectivity index (χ3n) is 5.58. The molecule has 3 rings (SSSR count). The Balaban J connectivity index is 0.000000443. The van der Waals surface area contributed by atoms with Crippen molar-refractivity contribution < 1.29 is 112 Å². The quantitative estimate of drug-likeness (QED) is 0.0809. The zero-order valence-electron chi connectivity index (χ0n) is 25.6. The number of nitrogens with zero attached hydrogens (tertiary/aromatic N) is 1. The molecule has 0 atom stereocenters. The maximum atomic E-state index is 12.5. The number of alkyl halides is 16. The topological polar surface area (TPSA) is 169 Å². The van der Waals surface area contributed by atoms with E-state index in [2.05, 4.69) is 8.37 Å². The van der Waals surface area contributed by atoms with Gasteiger partial charge in [-0.3, -0.25) is 0 Å². The lowest BCUT2D eigenvalue weighted by atomic mass is 10.3. The van der Waals surface area contributed by atoms with Crippen molar-refractivity contribution in [1.29, 1.82) is 0 Å². The molecule has 0 saturated carbocycles. The number of rotatable bonds is 11. The Bertz CT molecular complexity index is 2140. The number of benzene rings is 3. The van der Waals surface area contributed by atoms with E-state index < -0.39 is 96.6 Å². The summed E-state index contributed by atoms with van der Waals surface area (Å²) in [6.07, 6.45) is -14.0. The number of hydrogen-bond acceptors (Lipinski definition) is 10. The van der Waals surface area contributed by atoms with Gasteiger partial charge in [0.25, 0.3) is 0 Å². The molecule has 316 valence electrons. The first-order valence-corrected chi connectivity index (χ1v) is 19.9. The van der Waals surface area contributed by atoms with Crippen LogP contribution in [0, 0.1) is 0 Å². The minimum absolute atomic E-state index is 0.422. The van der Waals surface area contributed by atoms with E-state index in [4.69, 9.17) is 0 Å². The van der Waals surface area contributed by atoms with Crippen LogP contribution in [0.2, 0.25) is 0 Å². The molecule has 56 heavy (non-hydrogen) atoms. The highest BCUT2D eigenvalue weighted by Crippen LogP contribution is 2.48. The van der Waals surface area contributed by atoms with Crippen molar-refractivity contribution in [2.24, 2.45) is 0 Å². The third-order valence-corrected chi connectivity index (χ3v) is 13.1. The van der Waals surface area contributed by atoms with Gasteiger partial charge in [-0.2, -0.15) is 87.1 Å². The largest absolute Gasteiger partial charge is 0.534 e. The molecule has 32 heteroatoms. The summed E-state index contributed by atoms with van der Waals surface area (Å²) in [4.78, 5) is 1.68. The van der Waals surface area contributed by atoms with Crippen molar-refractivity contribution in [3.63, 3.8) is 0 Å².